The fraction of sp³-hybridized carbons (Fsp3) is 0.370. The third-order valence-corrected chi connectivity index (χ3v) is 7.72. The van der Waals surface area contributed by atoms with E-state index >= 15 is 0 Å². The summed E-state index contributed by atoms with van der Waals surface area (Å²) >= 11 is 14.2. The Labute approximate surface area is 255 Å². The number of ether oxygens (including phenoxy) is 3. The van der Waals surface area contributed by atoms with E-state index in [1.165, 1.54) is 31.3 Å². The van der Waals surface area contributed by atoms with Crippen LogP contribution >= 0.6 is 45.8 Å². The molecular weight excluding hydrogens is 678 g/mol. The van der Waals surface area contributed by atoms with Gasteiger partial charge in [0.1, 0.15) is 25.1 Å². The van der Waals surface area contributed by atoms with E-state index in [2.05, 4.69) is 5.32 Å². The first-order chi connectivity index (χ1) is 19.1. The largest absolute Gasteiger partial charge is 0.493 e. The second-order valence-electron chi connectivity index (χ2n) is 8.87. The van der Waals surface area contributed by atoms with Crippen LogP contribution in [0.3, 0.4) is 0 Å². The first-order valence-electron chi connectivity index (χ1n) is 12.1. The summed E-state index contributed by atoms with van der Waals surface area (Å²) in [5.41, 5.74) is 1.26. The zero-order valence-corrected chi connectivity index (χ0v) is 25.4. The highest BCUT2D eigenvalue weighted by atomic mass is 127. The molecule has 1 aliphatic rings. The number of carbonyl (C=O) groups excluding carboxylic acids is 3. The van der Waals surface area contributed by atoms with Gasteiger partial charge in [0.15, 0.2) is 11.5 Å². The number of amides is 2. The molecule has 3 atom stereocenters. The average Bonchev–Trinajstić information content (AvgIpc) is 2.94. The van der Waals surface area contributed by atoms with Crippen LogP contribution in [0.5, 0.6) is 11.5 Å². The zero-order chi connectivity index (χ0) is 29.4. The molecule has 3 unspecified atom stereocenters. The van der Waals surface area contributed by atoms with E-state index in [0.29, 0.717) is 31.0 Å². The van der Waals surface area contributed by atoms with Crippen LogP contribution in [0.25, 0.3) is 0 Å². The van der Waals surface area contributed by atoms with Gasteiger partial charge in [0.2, 0.25) is 11.8 Å². The molecule has 0 saturated carbocycles. The number of aldehydes is 1. The molecule has 40 heavy (non-hydrogen) atoms. The number of hydrogen-bond donors (Lipinski definition) is 3. The van der Waals surface area contributed by atoms with Crippen molar-refractivity contribution in [3.05, 3.63) is 66.7 Å². The predicted molar refractivity (Wildman–Crippen MR) is 157 cm³/mol. The van der Waals surface area contributed by atoms with Crippen molar-refractivity contribution in [2.24, 2.45) is 0 Å². The Morgan fingerprint density at radius 3 is 2.58 bits per heavy atom. The number of aliphatic hydroxyl groups excluding tert-OH is 2. The molecule has 2 amide bonds. The van der Waals surface area contributed by atoms with E-state index in [9.17, 15) is 24.6 Å². The topological polar surface area (TPSA) is 135 Å². The molecule has 0 aliphatic heterocycles. The molecule has 0 saturated heterocycles. The summed E-state index contributed by atoms with van der Waals surface area (Å²) in [4.78, 5) is 39.0. The van der Waals surface area contributed by atoms with Crippen LogP contribution in [0.2, 0.25) is 10.0 Å². The molecule has 3 N–H and O–H groups in total. The minimum atomic E-state index is -1.29. The molecular formula is C27H29Cl2IN2O8. The van der Waals surface area contributed by atoms with Gasteiger partial charge in [-0.2, -0.15) is 0 Å². The van der Waals surface area contributed by atoms with Gasteiger partial charge in [0.05, 0.1) is 33.4 Å². The van der Waals surface area contributed by atoms with Crippen LogP contribution in [0.4, 0.5) is 0 Å². The first-order valence-corrected chi connectivity index (χ1v) is 14.0. The summed E-state index contributed by atoms with van der Waals surface area (Å²) in [7, 11) is 2.79. The number of hydrogen-bond acceptors (Lipinski definition) is 8. The summed E-state index contributed by atoms with van der Waals surface area (Å²) in [5, 5.41) is 24.0. The Bertz CT molecular complexity index is 1280. The fourth-order valence-corrected chi connectivity index (χ4v) is 5.34. The smallest absolute Gasteiger partial charge is 0.249 e. The van der Waals surface area contributed by atoms with Gasteiger partial charge in [-0.05, 0) is 58.5 Å². The van der Waals surface area contributed by atoms with Crippen molar-refractivity contribution in [2.45, 2.75) is 31.2 Å². The molecule has 0 fully saturated rings. The first kappa shape index (κ1) is 32.1. The quantitative estimate of drug-likeness (QED) is 0.227. The number of rotatable bonds is 12. The predicted octanol–water partition coefficient (Wildman–Crippen LogP) is 3.01. The third kappa shape index (κ3) is 7.86. The molecule has 0 radical (unpaired) electrons. The van der Waals surface area contributed by atoms with Gasteiger partial charge in [-0.3, -0.25) is 14.4 Å². The summed E-state index contributed by atoms with van der Waals surface area (Å²) in [5.74, 6) is -0.405. The maximum atomic E-state index is 13.3. The number of nitrogens with one attached hydrogen (secondary N) is 1. The van der Waals surface area contributed by atoms with Crippen LogP contribution in [-0.2, 0) is 20.9 Å². The SMILES string of the molecule is COCC(=O)N(Cc1ccc(Cl)c(Cl)c1)C1CC(C(=O)NCCO)=CC(Oc2c(I)cc(C=O)cc2OC)C1O. The van der Waals surface area contributed by atoms with Gasteiger partial charge < -0.3 is 34.6 Å². The van der Waals surface area contributed by atoms with Crippen molar-refractivity contribution < 1.29 is 38.8 Å². The van der Waals surface area contributed by atoms with E-state index in [1.807, 2.05) is 22.6 Å². The molecule has 13 heteroatoms. The van der Waals surface area contributed by atoms with E-state index < -0.39 is 30.1 Å². The molecule has 2 aromatic carbocycles. The summed E-state index contributed by atoms with van der Waals surface area (Å²) in [6.45, 7) is -0.485. The van der Waals surface area contributed by atoms with E-state index in [4.69, 9.17) is 37.4 Å². The van der Waals surface area contributed by atoms with Crippen molar-refractivity contribution in [1.82, 2.24) is 10.2 Å². The second-order valence-corrected chi connectivity index (χ2v) is 10.8. The summed E-state index contributed by atoms with van der Waals surface area (Å²) < 4.78 is 17.2. The lowest BCUT2D eigenvalue weighted by Crippen LogP contribution is -2.55. The Kier molecular flexibility index (Phi) is 12.0. The highest BCUT2D eigenvalue weighted by molar-refractivity contribution is 14.1. The molecule has 3 rings (SSSR count). The number of halogens is 3. The number of aliphatic hydroxyl groups is 2. The molecule has 216 valence electrons. The van der Waals surface area contributed by atoms with Crippen molar-refractivity contribution >= 4 is 63.9 Å². The summed E-state index contributed by atoms with van der Waals surface area (Å²) in [6, 6.07) is 7.10. The Hall–Kier alpha value is -2.42. The maximum absolute atomic E-state index is 13.3. The van der Waals surface area contributed by atoms with Crippen molar-refractivity contribution in [1.29, 1.82) is 0 Å². The molecule has 0 bridgehead atoms. The Morgan fingerprint density at radius 2 is 1.95 bits per heavy atom. The second kappa shape index (κ2) is 15.0. The maximum Gasteiger partial charge on any atom is 0.249 e. The summed E-state index contributed by atoms with van der Waals surface area (Å²) in [6.07, 6.45) is -0.233. The molecule has 10 nitrogen and oxygen atoms in total. The van der Waals surface area contributed by atoms with Crippen LogP contribution in [0.15, 0.2) is 42.0 Å². The van der Waals surface area contributed by atoms with Crippen LogP contribution in [0, 0.1) is 3.57 Å². The van der Waals surface area contributed by atoms with Gasteiger partial charge in [-0.1, -0.05) is 29.3 Å². The Balaban J connectivity index is 2.05. The van der Waals surface area contributed by atoms with E-state index in [0.717, 1.165) is 0 Å². The van der Waals surface area contributed by atoms with Crippen LogP contribution < -0.4 is 14.8 Å². The van der Waals surface area contributed by atoms with Crippen molar-refractivity contribution in [2.75, 3.05) is 34.0 Å². The molecule has 0 heterocycles. The van der Waals surface area contributed by atoms with Gasteiger partial charge >= 0.3 is 0 Å². The number of methoxy groups -OCH3 is 2. The van der Waals surface area contributed by atoms with Crippen molar-refractivity contribution in [3.8, 4) is 11.5 Å². The van der Waals surface area contributed by atoms with Gasteiger partial charge in [0.25, 0.3) is 0 Å². The lowest BCUT2D eigenvalue weighted by atomic mass is 9.87. The highest BCUT2D eigenvalue weighted by Gasteiger charge is 2.41. The lowest BCUT2D eigenvalue weighted by molar-refractivity contribution is -0.143. The van der Waals surface area contributed by atoms with Crippen LogP contribution in [0.1, 0.15) is 22.3 Å². The molecule has 2 aromatic rings. The van der Waals surface area contributed by atoms with E-state index in [1.54, 1.807) is 24.3 Å². The number of carbonyl (C=O) groups is 3. The molecule has 0 aromatic heterocycles. The number of nitrogens with zero attached hydrogens (tertiary/aromatic N) is 1. The van der Waals surface area contributed by atoms with Gasteiger partial charge in [0, 0.05) is 37.8 Å². The third-order valence-electron chi connectivity index (χ3n) is 6.18. The number of benzene rings is 2. The lowest BCUT2D eigenvalue weighted by Gasteiger charge is -2.40. The average molecular weight is 707 g/mol. The normalized spacial score (nSPS) is 18.5. The van der Waals surface area contributed by atoms with Gasteiger partial charge in [-0.15, -0.1) is 0 Å². The highest BCUT2D eigenvalue weighted by Crippen LogP contribution is 2.37. The zero-order valence-electron chi connectivity index (χ0n) is 21.7. The van der Waals surface area contributed by atoms with Crippen LogP contribution in [-0.4, -0.2) is 85.4 Å². The minimum Gasteiger partial charge on any atom is -0.493 e. The fourth-order valence-electron chi connectivity index (χ4n) is 4.27. The Morgan fingerprint density at radius 1 is 1.20 bits per heavy atom. The minimum absolute atomic E-state index is 0.00658. The molecule has 1 aliphatic carbocycles. The monoisotopic (exact) mass is 706 g/mol. The van der Waals surface area contributed by atoms with Crippen molar-refractivity contribution in [3.63, 3.8) is 0 Å². The van der Waals surface area contributed by atoms with Gasteiger partial charge in [-0.25, -0.2) is 0 Å². The standard InChI is InChI=1S/C27H29Cl2IN2O8/c1-38-14-24(35)32(12-15-3-4-18(28)19(29)7-15)21-10-17(27(37)31-5-6-33)11-22(25(21)36)40-26-20(30)8-16(13-34)9-23(26)39-2/h3-4,7-9,11,13,21-22,25,33,36H,5-6,10,12,14H2,1-2H3,(H,31,37). The molecule has 0 spiro atoms. The van der Waals surface area contributed by atoms with E-state index in [-0.39, 0.29) is 49.8 Å².